The highest BCUT2D eigenvalue weighted by atomic mass is 16.5. The molecule has 1 unspecified atom stereocenters. The Balaban J connectivity index is 2.07. The zero-order chi connectivity index (χ0) is 22.3. The minimum Gasteiger partial charge on any atom is -0.465 e. The van der Waals surface area contributed by atoms with Crippen molar-refractivity contribution in [2.24, 2.45) is 5.92 Å². The van der Waals surface area contributed by atoms with Gasteiger partial charge in [0.2, 0.25) is 5.91 Å². The summed E-state index contributed by atoms with van der Waals surface area (Å²) >= 11 is 0. The minimum absolute atomic E-state index is 0.140. The second kappa shape index (κ2) is 10.4. The third-order valence-electron chi connectivity index (χ3n) is 4.87. The highest BCUT2D eigenvalue weighted by Crippen LogP contribution is 2.21. The zero-order valence-corrected chi connectivity index (χ0v) is 18.0. The van der Waals surface area contributed by atoms with E-state index in [2.05, 4.69) is 16.0 Å². The highest BCUT2D eigenvalue weighted by Gasteiger charge is 2.25. The third-order valence-corrected chi connectivity index (χ3v) is 4.87. The Morgan fingerprint density at radius 3 is 2.30 bits per heavy atom. The van der Waals surface area contributed by atoms with E-state index in [-0.39, 0.29) is 11.8 Å². The van der Waals surface area contributed by atoms with Gasteiger partial charge in [-0.05, 0) is 48.6 Å². The number of methoxy groups -OCH3 is 1. The maximum absolute atomic E-state index is 12.8. The summed E-state index contributed by atoms with van der Waals surface area (Å²) < 4.78 is 4.82. The first-order valence-corrected chi connectivity index (χ1v) is 9.81. The normalized spacial score (nSPS) is 11.5. The lowest BCUT2D eigenvalue weighted by Gasteiger charge is -2.22. The number of hydrogen-bond acceptors (Lipinski definition) is 4. The molecule has 0 fully saturated rings. The molecule has 0 aliphatic rings. The van der Waals surface area contributed by atoms with Crippen molar-refractivity contribution >= 4 is 23.6 Å². The average Bonchev–Trinajstić information content (AvgIpc) is 2.72. The Kier molecular flexibility index (Phi) is 7.98. The van der Waals surface area contributed by atoms with Crippen molar-refractivity contribution in [3.63, 3.8) is 0 Å². The van der Waals surface area contributed by atoms with Crippen molar-refractivity contribution in [2.45, 2.75) is 40.3 Å². The van der Waals surface area contributed by atoms with Gasteiger partial charge in [-0.1, -0.05) is 44.2 Å². The van der Waals surface area contributed by atoms with E-state index in [1.165, 1.54) is 7.11 Å². The molecule has 30 heavy (non-hydrogen) atoms. The van der Waals surface area contributed by atoms with Gasteiger partial charge in [-0.3, -0.25) is 4.79 Å². The van der Waals surface area contributed by atoms with Crippen LogP contribution in [0.25, 0.3) is 0 Å². The largest absolute Gasteiger partial charge is 0.465 e. The highest BCUT2D eigenvalue weighted by molar-refractivity contribution is 5.99. The molecule has 160 valence electrons. The molecule has 0 spiro atoms. The fourth-order valence-corrected chi connectivity index (χ4v) is 2.98. The molecular formula is C23H29N3O4. The second-order valence-corrected chi connectivity index (χ2v) is 7.48. The molecule has 0 heterocycles. The second-order valence-electron chi connectivity index (χ2n) is 7.48. The van der Waals surface area contributed by atoms with Crippen LogP contribution < -0.4 is 16.0 Å². The molecule has 2 rings (SSSR count). The number of esters is 1. The van der Waals surface area contributed by atoms with Crippen LogP contribution in [0.2, 0.25) is 0 Å². The summed E-state index contributed by atoms with van der Waals surface area (Å²) in [4.78, 5) is 37.1. The topological polar surface area (TPSA) is 96.5 Å². The van der Waals surface area contributed by atoms with Crippen LogP contribution in [-0.2, 0) is 16.1 Å². The predicted octanol–water partition coefficient (Wildman–Crippen LogP) is 3.55. The summed E-state index contributed by atoms with van der Waals surface area (Å²) in [5.41, 5.74) is 3.47. The Hall–Kier alpha value is -3.35. The number of hydrogen-bond donors (Lipinski definition) is 3. The van der Waals surface area contributed by atoms with Gasteiger partial charge < -0.3 is 20.7 Å². The number of benzene rings is 2. The van der Waals surface area contributed by atoms with Crippen LogP contribution in [0.3, 0.4) is 0 Å². The molecular weight excluding hydrogens is 382 g/mol. The number of carbonyl (C=O) groups is 3. The number of ether oxygens (including phenoxy) is 1. The summed E-state index contributed by atoms with van der Waals surface area (Å²) in [6, 6.07) is 11.7. The van der Waals surface area contributed by atoms with E-state index in [0.717, 1.165) is 16.7 Å². The van der Waals surface area contributed by atoms with Crippen molar-refractivity contribution in [2.75, 3.05) is 12.4 Å². The first-order chi connectivity index (χ1) is 14.2. The van der Waals surface area contributed by atoms with Crippen LogP contribution in [0.15, 0.2) is 42.5 Å². The lowest BCUT2D eigenvalue weighted by Crippen LogP contribution is -2.50. The summed E-state index contributed by atoms with van der Waals surface area (Å²) in [7, 11) is 1.31. The van der Waals surface area contributed by atoms with Gasteiger partial charge in [0.05, 0.1) is 12.7 Å². The van der Waals surface area contributed by atoms with Crippen LogP contribution in [-0.4, -0.2) is 31.1 Å². The number of urea groups is 1. The first-order valence-electron chi connectivity index (χ1n) is 9.81. The third kappa shape index (κ3) is 6.07. The van der Waals surface area contributed by atoms with Crippen molar-refractivity contribution in [1.29, 1.82) is 0 Å². The average molecular weight is 412 g/mol. The zero-order valence-electron chi connectivity index (χ0n) is 18.0. The standard InChI is InChI=1S/C23H29N3O4/c1-14(2)20(26-23(29)24-13-17-9-7-6-8-10-17)21(27)25-18-11-15(3)16(4)19(12-18)22(28)30-5/h6-12,14,20H,13H2,1-5H3,(H,25,27)(H2,24,26,29). The molecule has 7 nitrogen and oxygen atoms in total. The first kappa shape index (κ1) is 22.9. The van der Waals surface area contributed by atoms with E-state index < -0.39 is 18.0 Å². The molecule has 0 aliphatic carbocycles. The maximum Gasteiger partial charge on any atom is 0.338 e. The molecule has 0 radical (unpaired) electrons. The van der Waals surface area contributed by atoms with E-state index >= 15 is 0 Å². The van der Waals surface area contributed by atoms with Gasteiger partial charge in [-0.25, -0.2) is 9.59 Å². The molecule has 7 heteroatoms. The van der Waals surface area contributed by atoms with Gasteiger partial charge in [0.25, 0.3) is 0 Å². The molecule has 0 aliphatic heterocycles. The molecule has 0 saturated carbocycles. The minimum atomic E-state index is -0.746. The van der Waals surface area contributed by atoms with Gasteiger partial charge in [0.15, 0.2) is 0 Å². The molecule has 0 bridgehead atoms. The van der Waals surface area contributed by atoms with Crippen LogP contribution in [0.5, 0.6) is 0 Å². The Morgan fingerprint density at radius 1 is 1.03 bits per heavy atom. The number of carbonyl (C=O) groups excluding carboxylic acids is 3. The quantitative estimate of drug-likeness (QED) is 0.607. The predicted molar refractivity (Wildman–Crippen MR) is 116 cm³/mol. The Morgan fingerprint density at radius 2 is 1.70 bits per heavy atom. The number of amides is 3. The Labute approximate surface area is 177 Å². The van der Waals surface area contributed by atoms with Crippen LogP contribution in [0, 0.1) is 19.8 Å². The van der Waals surface area contributed by atoms with Gasteiger partial charge in [0.1, 0.15) is 6.04 Å². The van der Waals surface area contributed by atoms with Crippen molar-refractivity contribution < 1.29 is 19.1 Å². The van der Waals surface area contributed by atoms with E-state index in [4.69, 9.17) is 4.74 Å². The molecule has 3 N–H and O–H groups in total. The summed E-state index contributed by atoms with van der Waals surface area (Å²) in [5.74, 6) is -0.969. The maximum atomic E-state index is 12.8. The van der Waals surface area contributed by atoms with Crippen LogP contribution >= 0.6 is 0 Å². The van der Waals surface area contributed by atoms with E-state index in [0.29, 0.717) is 17.8 Å². The smallest absolute Gasteiger partial charge is 0.338 e. The molecule has 2 aromatic rings. The van der Waals surface area contributed by atoms with E-state index in [9.17, 15) is 14.4 Å². The Bertz CT molecular complexity index is 910. The van der Waals surface area contributed by atoms with E-state index in [1.807, 2.05) is 58.0 Å². The fraction of sp³-hybridized carbons (Fsp3) is 0.348. The van der Waals surface area contributed by atoms with Crippen LogP contribution in [0.4, 0.5) is 10.5 Å². The summed E-state index contributed by atoms with van der Waals surface area (Å²) in [6.45, 7) is 7.73. The lowest BCUT2D eigenvalue weighted by atomic mass is 10.0. The molecule has 3 amide bonds. The summed E-state index contributed by atoms with van der Waals surface area (Å²) in [5, 5.41) is 8.29. The molecule has 0 aromatic heterocycles. The van der Waals surface area contributed by atoms with Gasteiger partial charge in [0, 0.05) is 12.2 Å². The monoisotopic (exact) mass is 411 g/mol. The van der Waals surface area contributed by atoms with Crippen molar-refractivity contribution in [1.82, 2.24) is 10.6 Å². The van der Waals surface area contributed by atoms with Gasteiger partial charge in [-0.15, -0.1) is 0 Å². The molecule has 2 aromatic carbocycles. The lowest BCUT2D eigenvalue weighted by molar-refractivity contribution is -0.118. The molecule has 0 saturated heterocycles. The fourth-order valence-electron chi connectivity index (χ4n) is 2.98. The van der Waals surface area contributed by atoms with Crippen LogP contribution in [0.1, 0.15) is 40.9 Å². The van der Waals surface area contributed by atoms with E-state index in [1.54, 1.807) is 12.1 Å². The SMILES string of the molecule is COC(=O)c1cc(NC(=O)C(NC(=O)NCc2ccccc2)C(C)C)cc(C)c1C. The van der Waals surface area contributed by atoms with Crippen molar-refractivity contribution in [3.05, 3.63) is 64.7 Å². The van der Waals surface area contributed by atoms with Gasteiger partial charge >= 0.3 is 12.0 Å². The summed E-state index contributed by atoms with van der Waals surface area (Å²) in [6.07, 6.45) is 0. The number of nitrogens with one attached hydrogen (secondary N) is 3. The molecule has 1 atom stereocenters. The van der Waals surface area contributed by atoms with Gasteiger partial charge in [-0.2, -0.15) is 0 Å². The number of rotatable bonds is 7. The number of aryl methyl sites for hydroxylation is 1. The van der Waals surface area contributed by atoms with Crippen molar-refractivity contribution in [3.8, 4) is 0 Å². The number of anilines is 1.